The van der Waals surface area contributed by atoms with Crippen molar-refractivity contribution in [2.24, 2.45) is 5.92 Å². The zero-order valence-electron chi connectivity index (χ0n) is 16.1. The molecule has 0 unspecified atom stereocenters. The van der Waals surface area contributed by atoms with E-state index in [1.54, 1.807) is 12.1 Å². The number of likely N-dealkylation sites (tertiary alicyclic amines) is 1. The smallest absolute Gasteiger partial charge is 0.123 e. The molecule has 1 saturated heterocycles. The number of aliphatic hydroxyl groups excluding tert-OH is 1. The van der Waals surface area contributed by atoms with E-state index in [0.29, 0.717) is 5.92 Å². The Hall–Kier alpha value is -2.76. The zero-order chi connectivity index (χ0) is 19.8. The number of rotatable bonds is 4. The minimum absolute atomic E-state index is 0.0509. The Balaban J connectivity index is 1.54. The van der Waals surface area contributed by atoms with Crippen molar-refractivity contribution in [3.05, 3.63) is 83.9 Å². The molecule has 0 aliphatic carbocycles. The Kier molecular flexibility index (Phi) is 4.78. The van der Waals surface area contributed by atoms with E-state index in [1.165, 1.54) is 17.2 Å². The molecule has 4 nitrogen and oxygen atoms in total. The number of anilines is 1. The molecule has 0 saturated carbocycles. The molecule has 1 fully saturated rings. The van der Waals surface area contributed by atoms with Crippen molar-refractivity contribution in [1.82, 2.24) is 9.88 Å². The number of hydrogen-bond donors (Lipinski definition) is 2. The van der Waals surface area contributed by atoms with Crippen molar-refractivity contribution >= 4 is 5.69 Å². The standard InChI is InChI=1S/C24H24FN3O/c25-19-3-1-2-17(12-19)18-4-5-22-21(13-18)24-20(23(15-29)27-22)8-11-28(24)14-16-6-9-26-10-7-16/h1-7,9-10,12-13,20,23-24,27,29H,8,11,14-15H2/t20-,23-,24-/m0/s1. The minimum atomic E-state index is -0.225. The van der Waals surface area contributed by atoms with Gasteiger partial charge in [-0.1, -0.05) is 18.2 Å². The molecule has 0 radical (unpaired) electrons. The molecule has 3 aromatic rings. The summed E-state index contributed by atoms with van der Waals surface area (Å²) in [5, 5.41) is 13.5. The molecule has 2 aliphatic rings. The van der Waals surface area contributed by atoms with Crippen molar-refractivity contribution in [3.63, 3.8) is 0 Å². The third-order valence-electron chi connectivity index (χ3n) is 6.27. The number of aromatic nitrogens is 1. The lowest BCUT2D eigenvalue weighted by atomic mass is 9.82. The van der Waals surface area contributed by atoms with Gasteiger partial charge in [0.2, 0.25) is 0 Å². The lowest BCUT2D eigenvalue weighted by Crippen LogP contribution is -2.41. The summed E-state index contributed by atoms with van der Waals surface area (Å²) in [4.78, 5) is 6.62. The second-order valence-electron chi connectivity index (χ2n) is 7.97. The van der Waals surface area contributed by atoms with Crippen LogP contribution in [0.1, 0.15) is 23.6 Å². The van der Waals surface area contributed by atoms with E-state index in [-0.39, 0.29) is 24.5 Å². The van der Waals surface area contributed by atoms with E-state index < -0.39 is 0 Å². The van der Waals surface area contributed by atoms with Crippen molar-refractivity contribution in [2.45, 2.75) is 25.0 Å². The first kappa shape index (κ1) is 18.3. The van der Waals surface area contributed by atoms with Crippen LogP contribution in [-0.2, 0) is 6.54 Å². The molecule has 2 aromatic carbocycles. The number of nitrogens with zero attached hydrogens (tertiary/aromatic N) is 2. The van der Waals surface area contributed by atoms with E-state index in [1.807, 2.05) is 24.5 Å². The maximum Gasteiger partial charge on any atom is 0.123 e. The zero-order valence-corrected chi connectivity index (χ0v) is 16.1. The van der Waals surface area contributed by atoms with Crippen LogP contribution in [0.15, 0.2) is 67.0 Å². The molecule has 0 amide bonds. The first-order valence-corrected chi connectivity index (χ1v) is 10.1. The molecule has 5 heteroatoms. The monoisotopic (exact) mass is 389 g/mol. The Morgan fingerprint density at radius 2 is 1.90 bits per heavy atom. The van der Waals surface area contributed by atoms with E-state index >= 15 is 0 Å². The van der Waals surface area contributed by atoms with Crippen LogP contribution in [0.25, 0.3) is 11.1 Å². The summed E-state index contributed by atoms with van der Waals surface area (Å²) in [6.07, 6.45) is 4.70. The SMILES string of the molecule is OC[C@@H]1Nc2ccc(-c3cccc(F)c3)cc2[C@@H]2[C@H]1CCN2Cc1ccncc1. The van der Waals surface area contributed by atoms with Crippen molar-refractivity contribution in [2.75, 3.05) is 18.5 Å². The maximum absolute atomic E-state index is 13.8. The summed E-state index contributed by atoms with van der Waals surface area (Å²) < 4.78 is 13.8. The molecule has 3 atom stereocenters. The predicted molar refractivity (Wildman–Crippen MR) is 112 cm³/mol. The number of halogens is 1. The Morgan fingerprint density at radius 1 is 1.07 bits per heavy atom. The lowest BCUT2D eigenvalue weighted by Gasteiger charge is -2.39. The first-order valence-electron chi connectivity index (χ1n) is 10.1. The van der Waals surface area contributed by atoms with Crippen LogP contribution >= 0.6 is 0 Å². The van der Waals surface area contributed by atoms with Gasteiger partial charge in [-0.25, -0.2) is 4.39 Å². The van der Waals surface area contributed by atoms with Gasteiger partial charge in [0.05, 0.1) is 12.6 Å². The van der Waals surface area contributed by atoms with Gasteiger partial charge < -0.3 is 10.4 Å². The van der Waals surface area contributed by atoms with Crippen LogP contribution in [0.4, 0.5) is 10.1 Å². The Morgan fingerprint density at radius 3 is 2.69 bits per heavy atom. The number of aliphatic hydroxyl groups is 1. The number of hydrogen-bond acceptors (Lipinski definition) is 4. The Labute approximate surface area is 170 Å². The second kappa shape index (κ2) is 7.58. The first-order chi connectivity index (χ1) is 14.2. The third kappa shape index (κ3) is 3.41. The van der Waals surface area contributed by atoms with E-state index in [4.69, 9.17) is 0 Å². The van der Waals surface area contributed by atoms with Gasteiger partial charge in [-0.3, -0.25) is 9.88 Å². The number of pyridine rings is 1. The summed E-state index contributed by atoms with van der Waals surface area (Å²) in [6.45, 7) is 1.96. The normalized spacial score (nSPS) is 23.3. The maximum atomic E-state index is 13.8. The molecule has 0 spiro atoms. The van der Waals surface area contributed by atoms with Crippen LogP contribution in [0.3, 0.4) is 0 Å². The lowest BCUT2D eigenvalue weighted by molar-refractivity contribution is 0.172. The van der Waals surface area contributed by atoms with Crippen LogP contribution < -0.4 is 5.32 Å². The largest absolute Gasteiger partial charge is 0.394 e. The molecule has 3 heterocycles. The highest BCUT2D eigenvalue weighted by Gasteiger charge is 2.43. The van der Waals surface area contributed by atoms with Crippen molar-refractivity contribution in [1.29, 1.82) is 0 Å². The van der Waals surface area contributed by atoms with Gasteiger partial charge in [-0.05, 0) is 71.6 Å². The highest BCUT2D eigenvalue weighted by Crippen LogP contribution is 2.47. The molecule has 0 bridgehead atoms. The molecule has 2 aliphatic heterocycles. The van der Waals surface area contributed by atoms with Crippen LogP contribution in [0.5, 0.6) is 0 Å². The minimum Gasteiger partial charge on any atom is -0.394 e. The fourth-order valence-electron chi connectivity index (χ4n) is 4.91. The third-order valence-corrected chi connectivity index (χ3v) is 6.27. The van der Waals surface area contributed by atoms with Crippen LogP contribution in [0.2, 0.25) is 0 Å². The number of fused-ring (bicyclic) bond motifs is 3. The number of benzene rings is 2. The second-order valence-corrected chi connectivity index (χ2v) is 7.97. The highest BCUT2D eigenvalue weighted by atomic mass is 19.1. The predicted octanol–water partition coefficient (Wildman–Crippen LogP) is 4.24. The van der Waals surface area contributed by atoms with Crippen LogP contribution in [0, 0.1) is 11.7 Å². The van der Waals surface area contributed by atoms with Crippen molar-refractivity contribution in [3.8, 4) is 11.1 Å². The fraction of sp³-hybridized carbons (Fsp3) is 0.292. The number of nitrogens with one attached hydrogen (secondary N) is 1. The van der Waals surface area contributed by atoms with E-state index in [0.717, 1.165) is 36.3 Å². The average molecular weight is 389 g/mol. The summed E-state index contributed by atoms with van der Waals surface area (Å²) in [6, 6.07) is 17.4. The molecule has 1 aromatic heterocycles. The topological polar surface area (TPSA) is 48.4 Å². The van der Waals surface area contributed by atoms with Gasteiger partial charge in [-0.15, -0.1) is 0 Å². The van der Waals surface area contributed by atoms with Crippen molar-refractivity contribution < 1.29 is 9.50 Å². The van der Waals surface area contributed by atoms with E-state index in [2.05, 4.69) is 39.5 Å². The van der Waals surface area contributed by atoms with Gasteiger partial charge in [0.15, 0.2) is 0 Å². The average Bonchev–Trinajstić information content (AvgIpc) is 3.17. The van der Waals surface area contributed by atoms with Gasteiger partial charge in [0, 0.05) is 36.6 Å². The molecule has 148 valence electrons. The summed E-state index contributed by atoms with van der Waals surface area (Å²) in [7, 11) is 0. The summed E-state index contributed by atoms with van der Waals surface area (Å²) in [5.74, 6) is 0.119. The molecule has 2 N–H and O–H groups in total. The highest BCUT2D eigenvalue weighted by molar-refractivity contribution is 5.70. The Bertz CT molecular complexity index is 1010. The fourth-order valence-corrected chi connectivity index (χ4v) is 4.91. The van der Waals surface area contributed by atoms with Gasteiger partial charge in [-0.2, -0.15) is 0 Å². The molecule has 29 heavy (non-hydrogen) atoms. The summed E-state index contributed by atoms with van der Waals surface area (Å²) >= 11 is 0. The van der Waals surface area contributed by atoms with Crippen LogP contribution in [-0.4, -0.2) is 34.2 Å². The van der Waals surface area contributed by atoms with Gasteiger partial charge >= 0.3 is 0 Å². The van der Waals surface area contributed by atoms with E-state index in [9.17, 15) is 9.50 Å². The summed E-state index contributed by atoms with van der Waals surface area (Å²) in [5.41, 5.74) is 5.43. The molecular weight excluding hydrogens is 365 g/mol. The quantitative estimate of drug-likeness (QED) is 0.701. The molecule has 5 rings (SSSR count). The van der Waals surface area contributed by atoms with Gasteiger partial charge in [0.25, 0.3) is 0 Å². The molecular formula is C24H24FN3O. The van der Waals surface area contributed by atoms with Gasteiger partial charge in [0.1, 0.15) is 5.82 Å².